The number of thioether (sulfide) groups is 1. The number of aryl methyl sites for hydroxylation is 1. The van der Waals surface area contributed by atoms with E-state index in [9.17, 15) is 14.4 Å². The Labute approximate surface area is 161 Å². The molecule has 1 aromatic carbocycles. The molecule has 0 radical (unpaired) electrons. The largest absolute Gasteiger partial charge is 0.451 e. The molecule has 0 aliphatic carbocycles. The van der Waals surface area contributed by atoms with E-state index in [1.165, 1.54) is 6.08 Å². The lowest BCUT2D eigenvalue weighted by molar-refractivity contribution is -0.127. The predicted octanol–water partition coefficient (Wildman–Crippen LogP) is 3.87. The molecular weight excluding hydrogens is 455 g/mol. The molecule has 0 bridgehead atoms. The van der Waals surface area contributed by atoms with Crippen LogP contribution in [0.4, 0.5) is 10.5 Å². The zero-order valence-electron chi connectivity index (χ0n) is 13.1. The summed E-state index contributed by atoms with van der Waals surface area (Å²) in [5, 5.41) is 2.20. The first-order valence-corrected chi connectivity index (χ1v) is 9.19. The molecule has 3 rings (SSSR count). The molecule has 128 valence electrons. The van der Waals surface area contributed by atoms with E-state index in [0.29, 0.717) is 15.2 Å². The number of benzene rings is 1. The van der Waals surface area contributed by atoms with Crippen molar-refractivity contribution in [2.75, 3.05) is 11.9 Å². The average Bonchev–Trinajstić information content (AvgIpc) is 3.08. The lowest BCUT2D eigenvalue weighted by Gasteiger charge is -2.12. The minimum absolute atomic E-state index is 0.235. The fraction of sp³-hybridized carbons (Fsp3) is 0.118. The van der Waals surface area contributed by atoms with Gasteiger partial charge in [-0.3, -0.25) is 19.3 Å². The Bertz CT molecular complexity index is 873. The van der Waals surface area contributed by atoms with E-state index in [2.05, 4.69) is 5.32 Å². The fourth-order valence-corrected chi connectivity index (χ4v) is 3.40. The van der Waals surface area contributed by atoms with Crippen LogP contribution >= 0.6 is 34.4 Å². The average molecular weight is 468 g/mol. The maximum atomic E-state index is 12.4. The summed E-state index contributed by atoms with van der Waals surface area (Å²) >= 11 is 2.80. The van der Waals surface area contributed by atoms with Gasteiger partial charge in [-0.25, -0.2) is 0 Å². The standard InChI is InChI=1S/C17H13IN2O4S/c1-10-2-4-11(5-3-10)19-15(21)9-20-16(22)13(25-17(20)23)8-12-6-7-14(18)24-12/h2-8H,9H2,1H3,(H,19,21)/b13-8-. The number of halogens is 1. The highest BCUT2D eigenvalue weighted by atomic mass is 127. The van der Waals surface area contributed by atoms with Crippen LogP contribution in [0.3, 0.4) is 0 Å². The number of nitrogens with one attached hydrogen (secondary N) is 1. The molecule has 0 spiro atoms. The lowest BCUT2D eigenvalue weighted by atomic mass is 10.2. The Hall–Kier alpha value is -2.07. The van der Waals surface area contributed by atoms with Crippen molar-refractivity contribution in [3.8, 4) is 0 Å². The van der Waals surface area contributed by atoms with Crippen molar-refractivity contribution >= 4 is 63.2 Å². The summed E-state index contributed by atoms with van der Waals surface area (Å²) in [6, 6.07) is 10.7. The van der Waals surface area contributed by atoms with Gasteiger partial charge in [0.05, 0.1) is 4.91 Å². The summed E-state index contributed by atoms with van der Waals surface area (Å²) < 4.78 is 6.05. The normalized spacial score (nSPS) is 15.9. The number of carbonyl (C=O) groups excluding carboxylic acids is 3. The summed E-state index contributed by atoms with van der Waals surface area (Å²) in [5.41, 5.74) is 1.69. The molecule has 6 nitrogen and oxygen atoms in total. The van der Waals surface area contributed by atoms with Gasteiger partial charge >= 0.3 is 0 Å². The van der Waals surface area contributed by atoms with Gasteiger partial charge in [-0.15, -0.1) is 0 Å². The molecule has 1 aliphatic heterocycles. The van der Waals surface area contributed by atoms with Crippen LogP contribution < -0.4 is 5.32 Å². The molecule has 1 fully saturated rings. The van der Waals surface area contributed by atoms with Gasteiger partial charge in [-0.1, -0.05) is 17.7 Å². The van der Waals surface area contributed by atoms with Crippen molar-refractivity contribution in [3.05, 3.63) is 56.4 Å². The quantitative estimate of drug-likeness (QED) is 0.545. The molecule has 1 saturated heterocycles. The van der Waals surface area contributed by atoms with Crippen LogP contribution in [0.1, 0.15) is 11.3 Å². The Balaban J connectivity index is 1.67. The number of hydrogen-bond acceptors (Lipinski definition) is 5. The number of imide groups is 1. The van der Waals surface area contributed by atoms with Crippen LogP contribution in [0.25, 0.3) is 6.08 Å². The SMILES string of the molecule is Cc1ccc(NC(=O)CN2C(=O)S/C(=C\c3ccc(I)o3)C2=O)cc1. The Morgan fingerprint density at radius 2 is 1.96 bits per heavy atom. The highest BCUT2D eigenvalue weighted by Gasteiger charge is 2.36. The van der Waals surface area contributed by atoms with E-state index in [1.54, 1.807) is 24.3 Å². The van der Waals surface area contributed by atoms with Crippen LogP contribution in [0.15, 0.2) is 45.7 Å². The molecule has 2 heterocycles. The lowest BCUT2D eigenvalue weighted by Crippen LogP contribution is -2.36. The van der Waals surface area contributed by atoms with Crippen molar-refractivity contribution in [3.63, 3.8) is 0 Å². The van der Waals surface area contributed by atoms with Crippen LogP contribution in [0, 0.1) is 10.7 Å². The number of amides is 3. The smallest absolute Gasteiger partial charge is 0.294 e. The maximum Gasteiger partial charge on any atom is 0.294 e. The number of anilines is 1. The number of hydrogen-bond donors (Lipinski definition) is 1. The van der Waals surface area contributed by atoms with E-state index in [4.69, 9.17) is 4.42 Å². The van der Waals surface area contributed by atoms with Gasteiger partial charge in [0.1, 0.15) is 12.3 Å². The van der Waals surface area contributed by atoms with Crippen LogP contribution in [-0.2, 0) is 9.59 Å². The van der Waals surface area contributed by atoms with Gasteiger partial charge in [0, 0.05) is 11.8 Å². The first kappa shape index (κ1) is 17.7. The van der Waals surface area contributed by atoms with Gasteiger partial charge in [-0.2, -0.15) is 0 Å². The van der Waals surface area contributed by atoms with Crippen LogP contribution in [0.5, 0.6) is 0 Å². The first-order chi connectivity index (χ1) is 11.9. The predicted molar refractivity (Wildman–Crippen MR) is 104 cm³/mol. The minimum Gasteiger partial charge on any atom is -0.451 e. The molecule has 0 unspecified atom stereocenters. The molecule has 0 saturated carbocycles. The molecule has 2 aromatic rings. The second kappa shape index (κ2) is 7.44. The van der Waals surface area contributed by atoms with Crippen molar-refractivity contribution in [1.82, 2.24) is 4.90 Å². The number of rotatable bonds is 4. The van der Waals surface area contributed by atoms with Gasteiger partial charge in [0.25, 0.3) is 11.1 Å². The van der Waals surface area contributed by atoms with Crippen molar-refractivity contribution in [2.24, 2.45) is 0 Å². The van der Waals surface area contributed by atoms with Crippen LogP contribution in [-0.4, -0.2) is 28.5 Å². The van der Waals surface area contributed by atoms with Gasteiger partial charge in [0.15, 0.2) is 3.77 Å². The third kappa shape index (κ3) is 4.31. The zero-order chi connectivity index (χ0) is 18.0. The third-order valence-corrected chi connectivity index (χ3v) is 4.87. The summed E-state index contributed by atoms with van der Waals surface area (Å²) in [7, 11) is 0. The monoisotopic (exact) mass is 468 g/mol. The highest BCUT2D eigenvalue weighted by molar-refractivity contribution is 14.1. The van der Waals surface area contributed by atoms with Gasteiger partial charge < -0.3 is 9.73 Å². The summed E-state index contributed by atoms with van der Waals surface area (Å²) in [6.45, 7) is 1.61. The molecule has 1 aromatic heterocycles. The first-order valence-electron chi connectivity index (χ1n) is 7.29. The topological polar surface area (TPSA) is 79.6 Å². The van der Waals surface area contributed by atoms with Gasteiger partial charge in [0.2, 0.25) is 5.91 Å². The Morgan fingerprint density at radius 3 is 2.60 bits per heavy atom. The molecule has 1 aliphatic rings. The molecule has 1 N–H and O–H groups in total. The Kier molecular flexibility index (Phi) is 5.28. The van der Waals surface area contributed by atoms with Gasteiger partial charge in [-0.05, 0) is 65.5 Å². The van der Waals surface area contributed by atoms with E-state index in [0.717, 1.165) is 22.2 Å². The summed E-state index contributed by atoms with van der Waals surface area (Å²) in [4.78, 5) is 37.7. The van der Waals surface area contributed by atoms with Crippen molar-refractivity contribution in [2.45, 2.75) is 6.92 Å². The van der Waals surface area contributed by atoms with E-state index >= 15 is 0 Å². The third-order valence-electron chi connectivity index (χ3n) is 3.38. The molecule has 25 heavy (non-hydrogen) atoms. The molecular formula is C17H13IN2O4S. The number of furan rings is 1. The number of carbonyl (C=O) groups is 3. The van der Waals surface area contributed by atoms with E-state index in [1.807, 2.05) is 41.6 Å². The molecule has 8 heteroatoms. The van der Waals surface area contributed by atoms with Crippen molar-refractivity contribution in [1.29, 1.82) is 0 Å². The van der Waals surface area contributed by atoms with Crippen LogP contribution in [0.2, 0.25) is 0 Å². The number of nitrogens with zero attached hydrogens (tertiary/aromatic N) is 1. The summed E-state index contributed by atoms with van der Waals surface area (Å²) in [6.07, 6.45) is 1.50. The van der Waals surface area contributed by atoms with Crippen molar-refractivity contribution < 1.29 is 18.8 Å². The molecule has 3 amide bonds. The highest BCUT2D eigenvalue weighted by Crippen LogP contribution is 2.32. The van der Waals surface area contributed by atoms with E-state index in [-0.39, 0.29) is 11.4 Å². The molecule has 0 atom stereocenters. The fourth-order valence-electron chi connectivity index (χ4n) is 2.15. The second-order valence-electron chi connectivity index (χ2n) is 5.32. The minimum atomic E-state index is -0.500. The Morgan fingerprint density at radius 1 is 1.24 bits per heavy atom. The second-order valence-corrected chi connectivity index (χ2v) is 7.38. The maximum absolute atomic E-state index is 12.4. The summed E-state index contributed by atoms with van der Waals surface area (Å²) in [5.74, 6) is -0.445. The van der Waals surface area contributed by atoms with E-state index < -0.39 is 17.1 Å². The zero-order valence-corrected chi connectivity index (χ0v) is 16.1.